The van der Waals surface area contributed by atoms with Gasteiger partial charge in [-0.25, -0.2) is 0 Å². The van der Waals surface area contributed by atoms with Gasteiger partial charge < -0.3 is 15.0 Å². The van der Waals surface area contributed by atoms with Gasteiger partial charge in [-0.1, -0.05) is 28.0 Å². The highest BCUT2D eigenvalue weighted by atomic mass is 79.9. The Kier molecular flexibility index (Phi) is 5.20. The van der Waals surface area contributed by atoms with Gasteiger partial charge in [-0.2, -0.15) is 0 Å². The highest BCUT2D eigenvalue weighted by molar-refractivity contribution is 9.10. The van der Waals surface area contributed by atoms with Crippen LogP contribution in [0.25, 0.3) is 0 Å². The molecular weight excluding hydrogens is 320 g/mol. The van der Waals surface area contributed by atoms with E-state index in [2.05, 4.69) is 28.0 Å². The van der Waals surface area contributed by atoms with Gasteiger partial charge in [0.05, 0.1) is 0 Å². The van der Waals surface area contributed by atoms with E-state index in [0.717, 1.165) is 40.1 Å². The number of aromatic nitrogens is 1. The fourth-order valence-corrected chi connectivity index (χ4v) is 2.28. The number of rotatable bonds is 6. The van der Waals surface area contributed by atoms with Gasteiger partial charge >= 0.3 is 0 Å². The fraction of sp³-hybridized carbons (Fsp3) is 0.400. The molecule has 4 nitrogen and oxygen atoms in total. The maximum Gasteiger partial charge on any atom is 0.134 e. The average Bonchev–Trinajstić information content (AvgIpc) is 2.85. The van der Waals surface area contributed by atoms with Crippen molar-refractivity contribution in [1.82, 2.24) is 5.16 Å². The Labute approximate surface area is 127 Å². The van der Waals surface area contributed by atoms with Gasteiger partial charge in [0.1, 0.15) is 23.8 Å². The van der Waals surface area contributed by atoms with E-state index in [-0.39, 0.29) is 6.04 Å². The zero-order valence-electron chi connectivity index (χ0n) is 11.7. The first-order chi connectivity index (χ1) is 9.58. The zero-order valence-corrected chi connectivity index (χ0v) is 13.3. The largest absolute Gasteiger partial charge is 0.487 e. The van der Waals surface area contributed by atoms with Crippen LogP contribution in [-0.2, 0) is 13.0 Å². The van der Waals surface area contributed by atoms with Crippen LogP contribution in [0.2, 0.25) is 0 Å². The SMILES string of the molecule is CCC(N)Cc1cc(OCc2cc(C)on2)ccc1Br. The standard InChI is InChI=1S/C15H19BrN2O2/c1-3-12(17)7-11-8-14(4-5-15(11)16)19-9-13-6-10(2)20-18-13/h4-6,8,12H,3,7,9,17H2,1-2H3. The zero-order chi connectivity index (χ0) is 14.5. The maximum atomic E-state index is 6.01. The van der Waals surface area contributed by atoms with E-state index in [1.165, 1.54) is 0 Å². The number of benzene rings is 1. The summed E-state index contributed by atoms with van der Waals surface area (Å²) in [7, 11) is 0. The molecule has 0 amide bonds. The summed E-state index contributed by atoms with van der Waals surface area (Å²) in [5, 5.41) is 3.90. The predicted octanol–water partition coefficient (Wildman–Crippen LogP) is 3.60. The van der Waals surface area contributed by atoms with Crippen molar-refractivity contribution in [3.8, 4) is 5.75 Å². The number of hydrogen-bond acceptors (Lipinski definition) is 4. The Hall–Kier alpha value is -1.33. The van der Waals surface area contributed by atoms with Gasteiger partial charge in [0, 0.05) is 16.6 Å². The van der Waals surface area contributed by atoms with Crippen molar-refractivity contribution in [1.29, 1.82) is 0 Å². The van der Waals surface area contributed by atoms with Gasteiger partial charge in [0.2, 0.25) is 0 Å². The molecule has 0 aliphatic heterocycles. The summed E-state index contributed by atoms with van der Waals surface area (Å²) >= 11 is 3.55. The van der Waals surface area contributed by atoms with Crippen LogP contribution in [0.15, 0.2) is 33.3 Å². The molecule has 0 aliphatic rings. The second kappa shape index (κ2) is 6.90. The van der Waals surface area contributed by atoms with Crippen LogP contribution >= 0.6 is 15.9 Å². The van der Waals surface area contributed by atoms with Gasteiger partial charge in [-0.15, -0.1) is 0 Å². The molecule has 1 heterocycles. The highest BCUT2D eigenvalue weighted by Crippen LogP contribution is 2.24. The Morgan fingerprint density at radius 2 is 2.20 bits per heavy atom. The predicted molar refractivity (Wildman–Crippen MR) is 81.7 cm³/mol. The van der Waals surface area contributed by atoms with E-state index >= 15 is 0 Å². The van der Waals surface area contributed by atoms with Crippen molar-refractivity contribution < 1.29 is 9.26 Å². The number of hydrogen-bond donors (Lipinski definition) is 1. The van der Waals surface area contributed by atoms with Crippen LogP contribution < -0.4 is 10.5 Å². The summed E-state index contributed by atoms with van der Waals surface area (Å²) in [4.78, 5) is 0. The molecular formula is C15H19BrN2O2. The first-order valence-corrected chi connectivity index (χ1v) is 7.46. The molecule has 5 heteroatoms. The summed E-state index contributed by atoms with van der Waals surface area (Å²) in [6, 6.07) is 7.97. The third kappa shape index (κ3) is 4.08. The molecule has 1 atom stereocenters. The van der Waals surface area contributed by atoms with Crippen LogP contribution in [0.4, 0.5) is 0 Å². The van der Waals surface area contributed by atoms with Crippen LogP contribution in [-0.4, -0.2) is 11.2 Å². The molecule has 2 N–H and O–H groups in total. The average molecular weight is 339 g/mol. The van der Waals surface area contributed by atoms with Gasteiger partial charge in [-0.05, 0) is 43.5 Å². The topological polar surface area (TPSA) is 61.3 Å². The van der Waals surface area contributed by atoms with Crippen molar-refractivity contribution in [2.75, 3.05) is 0 Å². The maximum absolute atomic E-state index is 6.01. The molecule has 2 aromatic rings. The lowest BCUT2D eigenvalue weighted by Gasteiger charge is -2.12. The van der Waals surface area contributed by atoms with Crippen LogP contribution in [0.3, 0.4) is 0 Å². The Morgan fingerprint density at radius 1 is 1.40 bits per heavy atom. The number of aryl methyl sites for hydroxylation is 1. The minimum Gasteiger partial charge on any atom is -0.487 e. The molecule has 0 bridgehead atoms. The molecule has 0 spiro atoms. The van der Waals surface area contributed by atoms with Crippen molar-refractivity contribution >= 4 is 15.9 Å². The van der Waals surface area contributed by atoms with Gasteiger partial charge in [0.15, 0.2) is 0 Å². The number of halogens is 1. The first kappa shape index (κ1) is 15.1. The Balaban J connectivity index is 2.03. The Bertz CT molecular complexity index is 569. The molecule has 1 aromatic heterocycles. The normalized spacial score (nSPS) is 12.4. The lowest BCUT2D eigenvalue weighted by molar-refractivity contribution is 0.287. The van der Waals surface area contributed by atoms with E-state index in [0.29, 0.717) is 6.61 Å². The summed E-state index contributed by atoms with van der Waals surface area (Å²) in [6.45, 7) is 4.35. The third-order valence-corrected chi connectivity index (χ3v) is 3.86. The summed E-state index contributed by atoms with van der Waals surface area (Å²) in [6.07, 6.45) is 1.78. The van der Waals surface area contributed by atoms with E-state index in [9.17, 15) is 0 Å². The molecule has 0 radical (unpaired) electrons. The number of nitrogens with two attached hydrogens (primary N) is 1. The monoisotopic (exact) mass is 338 g/mol. The number of nitrogens with zero attached hydrogens (tertiary/aromatic N) is 1. The molecule has 0 aliphatic carbocycles. The second-order valence-corrected chi connectivity index (χ2v) is 5.70. The van der Waals surface area contributed by atoms with Crippen molar-refractivity contribution in [3.63, 3.8) is 0 Å². The van der Waals surface area contributed by atoms with Crippen LogP contribution in [0, 0.1) is 6.92 Å². The quantitative estimate of drug-likeness (QED) is 0.873. The highest BCUT2D eigenvalue weighted by Gasteiger charge is 2.08. The van der Waals surface area contributed by atoms with Gasteiger partial charge in [-0.3, -0.25) is 0 Å². The van der Waals surface area contributed by atoms with E-state index in [1.54, 1.807) is 0 Å². The lowest BCUT2D eigenvalue weighted by Crippen LogP contribution is -2.21. The minimum atomic E-state index is 0.166. The van der Waals surface area contributed by atoms with Crippen LogP contribution in [0.5, 0.6) is 5.75 Å². The number of ether oxygens (including phenoxy) is 1. The molecule has 0 saturated heterocycles. The summed E-state index contributed by atoms with van der Waals surface area (Å²) in [5.74, 6) is 1.60. The van der Waals surface area contributed by atoms with Crippen LogP contribution in [0.1, 0.15) is 30.4 Å². The molecule has 1 aromatic carbocycles. The van der Waals surface area contributed by atoms with Crippen molar-refractivity contribution in [2.45, 2.75) is 39.3 Å². The van der Waals surface area contributed by atoms with Crippen molar-refractivity contribution in [2.24, 2.45) is 5.73 Å². The van der Waals surface area contributed by atoms with Crippen molar-refractivity contribution in [3.05, 3.63) is 45.8 Å². The van der Waals surface area contributed by atoms with Gasteiger partial charge in [0.25, 0.3) is 0 Å². The molecule has 20 heavy (non-hydrogen) atoms. The molecule has 0 saturated carbocycles. The molecule has 0 fully saturated rings. The summed E-state index contributed by atoms with van der Waals surface area (Å²) in [5.41, 5.74) is 7.96. The van der Waals surface area contributed by atoms with E-state index in [1.807, 2.05) is 31.2 Å². The third-order valence-electron chi connectivity index (χ3n) is 3.09. The second-order valence-electron chi connectivity index (χ2n) is 4.84. The lowest BCUT2D eigenvalue weighted by atomic mass is 10.0. The summed E-state index contributed by atoms with van der Waals surface area (Å²) < 4.78 is 11.8. The smallest absolute Gasteiger partial charge is 0.134 e. The first-order valence-electron chi connectivity index (χ1n) is 6.67. The molecule has 1 unspecified atom stereocenters. The molecule has 108 valence electrons. The molecule has 2 rings (SSSR count). The van der Waals surface area contributed by atoms with E-state index in [4.69, 9.17) is 15.0 Å². The minimum absolute atomic E-state index is 0.166. The van der Waals surface area contributed by atoms with E-state index < -0.39 is 0 Å². The fourth-order valence-electron chi connectivity index (χ4n) is 1.87. The Morgan fingerprint density at radius 3 is 2.85 bits per heavy atom.